The zero-order valence-corrected chi connectivity index (χ0v) is 18.7. The molecular formula is C23H22N6O2S. The standard InChI is InChI=1S/C23H22N6O2S/c1-3-4-11-28-21(31)17-9-5-6-10-18(17)29-22(28)25-26-23(29)32-14-16-13-19(30)27-12-7-8-15(2)20(27)24-16/h5-10,12-13H,3-4,11,14H2,1-2H3. The molecule has 4 heterocycles. The van der Waals surface area contributed by atoms with Crippen LogP contribution in [-0.4, -0.2) is 28.5 Å². The molecule has 0 fully saturated rings. The fourth-order valence-corrected chi connectivity index (χ4v) is 4.70. The second-order valence-corrected chi connectivity index (χ2v) is 8.65. The van der Waals surface area contributed by atoms with Crippen LogP contribution in [0.15, 0.2) is 63.4 Å². The van der Waals surface area contributed by atoms with E-state index in [-0.39, 0.29) is 11.1 Å². The zero-order chi connectivity index (χ0) is 22.2. The predicted octanol–water partition coefficient (Wildman–Crippen LogP) is 3.45. The molecule has 0 aliphatic heterocycles. The maximum absolute atomic E-state index is 13.1. The van der Waals surface area contributed by atoms with Crippen molar-refractivity contribution < 1.29 is 0 Å². The van der Waals surface area contributed by atoms with Crippen LogP contribution in [0.5, 0.6) is 0 Å². The Labute approximate surface area is 187 Å². The number of aromatic nitrogens is 6. The lowest BCUT2D eigenvalue weighted by atomic mass is 10.2. The largest absolute Gasteiger partial charge is 0.276 e. The third-order valence-electron chi connectivity index (χ3n) is 5.50. The number of nitrogens with zero attached hydrogens (tertiary/aromatic N) is 6. The smallest absolute Gasteiger partial charge is 0.262 e. The molecule has 0 unspecified atom stereocenters. The Balaban J connectivity index is 1.59. The first-order chi connectivity index (χ1) is 15.6. The van der Waals surface area contributed by atoms with Gasteiger partial charge in [-0.25, -0.2) is 4.98 Å². The van der Waals surface area contributed by atoms with Gasteiger partial charge in [0.05, 0.1) is 16.6 Å². The highest BCUT2D eigenvalue weighted by Crippen LogP contribution is 2.24. The fourth-order valence-electron chi connectivity index (χ4n) is 3.87. The summed E-state index contributed by atoms with van der Waals surface area (Å²) in [5, 5.41) is 10.0. The summed E-state index contributed by atoms with van der Waals surface area (Å²) in [5.74, 6) is 0.996. The number of pyridine rings is 1. The molecule has 0 aliphatic rings. The summed E-state index contributed by atoms with van der Waals surface area (Å²) in [7, 11) is 0. The number of fused-ring (bicyclic) bond motifs is 4. The quantitative estimate of drug-likeness (QED) is 0.371. The molecule has 0 amide bonds. The van der Waals surface area contributed by atoms with E-state index >= 15 is 0 Å². The third kappa shape index (κ3) is 3.38. The van der Waals surface area contributed by atoms with Crippen LogP contribution in [0.2, 0.25) is 0 Å². The molecule has 0 saturated carbocycles. The van der Waals surface area contributed by atoms with Gasteiger partial charge in [0.15, 0.2) is 5.16 Å². The van der Waals surface area contributed by atoms with Crippen LogP contribution in [0.3, 0.4) is 0 Å². The average molecular weight is 447 g/mol. The van der Waals surface area contributed by atoms with Crippen LogP contribution >= 0.6 is 11.8 Å². The van der Waals surface area contributed by atoms with Crippen molar-refractivity contribution >= 4 is 34.1 Å². The Hall–Kier alpha value is -3.46. The van der Waals surface area contributed by atoms with Crippen molar-refractivity contribution in [2.24, 2.45) is 0 Å². The van der Waals surface area contributed by atoms with Crippen molar-refractivity contribution in [2.75, 3.05) is 0 Å². The Morgan fingerprint density at radius 2 is 1.91 bits per heavy atom. The van der Waals surface area contributed by atoms with Crippen molar-refractivity contribution in [3.05, 3.63) is 80.6 Å². The number of rotatable bonds is 6. The van der Waals surface area contributed by atoms with E-state index in [1.54, 1.807) is 21.2 Å². The van der Waals surface area contributed by atoms with E-state index in [0.29, 0.717) is 40.0 Å². The van der Waals surface area contributed by atoms with Crippen molar-refractivity contribution in [2.45, 2.75) is 44.1 Å². The fraction of sp³-hybridized carbons (Fsp3) is 0.261. The second-order valence-electron chi connectivity index (χ2n) is 7.70. The van der Waals surface area contributed by atoms with Gasteiger partial charge in [-0.1, -0.05) is 43.3 Å². The summed E-state index contributed by atoms with van der Waals surface area (Å²) in [4.78, 5) is 30.3. The first-order valence-corrected chi connectivity index (χ1v) is 11.5. The lowest BCUT2D eigenvalue weighted by Gasteiger charge is -2.11. The molecule has 8 nitrogen and oxygen atoms in total. The van der Waals surface area contributed by atoms with E-state index < -0.39 is 0 Å². The molecule has 5 rings (SSSR count). The molecule has 0 saturated heterocycles. The number of unbranched alkanes of at least 4 members (excludes halogenated alkanes) is 1. The van der Waals surface area contributed by atoms with Crippen LogP contribution in [0.1, 0.15) is 31.0 Å². The molecule has 32 heavy (non-hydrogen) atoms. The maximum Gasteiger partial charge on any atom is 0.262 e. The number of hydrogen-bond acceptors (Lipinski definition) is 6. The van der Waals surface area contributed by atoms with E-state index in [9.17, 15) is 9.59 Å². The second kappa shape index (κ2) is 8.23. The molecule has 162 valence electrons. The highest BCUT2D eigenvalue weighted by molar-refractivity contribution is 7.98. The predicted molar refractivity (Wildman–Crippen MR) is 125 cm³/mol. The summed E-state index contributed by atoms with van der Waals surface area (Å²) in [6.07, 6.45) is 3.58. The van der Waals surface area contributed by atoms with Gasteiger partial charge in [0, 0.05) is 24.6 Å². The average Bonchev–Trinajstić information content (AvgIpc) is 3.22. The van der Waals surface area contributed by atoms with Gasteiger partial charge in [-0.3, -0.25) is 23.0 Å². The van der Waals surface area contributed by atoms with E-state index in [1.807, 2.05) is 47.7 Å². The van der Waals surface area contributed by atoms with Crippen molar-refractivity contribution in [3.8, 4) is 0 Å². The van der Waals surface area contributed by atoms with Gasteiger partial charge >= 0.3 is 0 Å². The van der Waals surface area contributed by atoms with Gasteiger partial charge < -0.3 is 0 Å². The van der Waals surface area contributed by atoms with Crippen molar-refractivity contribution in [1.29, 1.82) is 0 Å². The Morgan fingerprint density at radius 1 is 1.06 bits per heavy atom. The summed E-state index contributed by atoms with van der Waals surface area (Å²) in [6.45, 7) is 4.62. The molecule has 0 spiro atoms. The van der Waals surface area contributed by atoms with Gasteiger partial charge in [0.1, 0.15) is 5.65 Å². The van der Waals surface area contributed by atoms with Crippen LogP contribution in [0.25, 0.3) is 22.3 Å². The van der Waals surface area contributed by atoms with Gasteiger partial charge in [-0.2, -0.15) is 0 Å². The molecule has 0 atom stereocenters. The molecule has 5 aromatic rings. The maximum atomic E-state index is 13.1. The minimum Gasteiger partial charge on any atom is -0.276 e. The van der Waals surface area contributed by atoms with E-state index in [2.05, 4.69) is 22.1 Å². The number of thioether (sulfide) groups is 1. The molecule has 0 radical (unpaired) electrons. The van der Waals surface area contributed by atoms with E-state index in [4.69, 9.17) is 0 Å². The molecule has 1 aromatic carbocycles. The number of benzene rings is 1. The monoisotopic (exact) mass is 446 g/mol. The first-order valence-electron chi connectivity index (χ1n) is 10.6. The molecular weight excluding hydrogens is 424 g/mol. The summed E-state index contributed by atoms with van der Waals surface area (Å²) < 4.78 is 5.18. The van der Waals surface area contributed by atoms with Crippen LogP contribution in [0, 0.1) is 6.92 Å². The third-order valence-corrected chi connectivity index (χ3v) is 6.46. The van der Waals surface area contributed by atoms with Crippen LogP contribution in [-0.2, 0) is 12.3 Å². The highest BCUT2D eigenvalue weighted by Gasteiger charge is 2.17. The first kappa shape index (κ1) is 20.4. The Kier molecular flexibility index (Phi) is 5.26. The number of para-hydroxylation sites is 1. The van der Waals surface area contributed by atoms with E-state index in [0.717, 1.165) is 23.9 Å². The van der Waals surface area contributed by atoms with E-state index in [1.165, 1.54) is 11.8 Å². The molecule has 0 N–H and O–H groups in total. The molecule has 0 aliphatic carbocycles. The van der Waals surface area contributed by atoms with Crippen molar-refractivity contribution in [1.82, 2.24) is 28.5 Å². The van der Waals surface area contributed by atoms with Crippen molar-refractivity contribution in [3.63, 3.8) is 0 Å². The van der Waals surface area contributed by atoms with Gasteiger partial charge in [-0.05, 0) is 37.1 Å². The number of hydrogen-bond donors (Lipinski definition) is 0. The van der Waals surface area contributed by atoms with Crippen LogP contribution in [0.4, 0.5) is 0 Å². The lowest BCUT2D eigenvalue weighted by Crippen LogP contribution is -2.23. The lowest BCUT2D eigenvalue weighted by molar-refractivity contribution is 0.620. The highest BCUT2D eigenvalue weighted by atomic mass is 32.2. The summed E-state index contributed by atoms with van der Waals surface area (Å²) >= 11 is 1.45. The SMILES string of the molecule is CCCCn1c(=O)c2ccccc2n2c(SCc3cc(=O)n4cccc(C)c4n3)nnc12. The molecule has 0 bridgehead atoms. The minimum atomic E-state index is -0.112. The normalized spacial score (nSPS) is 11.7. The molecule has 4 aromatic heterocycles. The summed E-state index contributed by atoms with van der Waals surface area (Å²) in [5.41, 5.74) is 2.88. The summed E-state index contributed by atoms with van der Waals surface area (Å²) in [6, 6.07) is 12.8. The Bertz CT molecular complexity index is 1580. The topological polar surface area (TPSA) is 86.6 Å². The zero-order valence-electron chi connectivity index (χ0n) is 17.9. The minimum absolute atomic E-state index is 0.0507. The molecule has 9 heteroatoms. The van der Waals surface area contributed by atoms with Gasteiger partial charge in [-0.15, -0.1) is 10.2 Å². The van der Waals surface area contributed by atoms with Crippen LogP contribution < -0.4 is 11.1 Å². The number of aryl methyl sites for hydroxylation is 2. The van der Waals surface area contributed by atoms with Gasteiger partial charge in [0.25, 0.3) is 11.1 Å². The Morgan fingerprint density at radius 3 is 2.75 bits per heavy atom. The van der Waals surface area contributed by atoms with Gasteiger partial charge in [0.2, 0.25) is 5.78 Å².